The fraction of sp³-hybridized carbons (Fsp3) is 0.385. The van der Waals surface area contributed by atoms with Gasteiger partial charge in [-0.25, -0.2) is 0 Å². The summed E-state index contributed by atoms with van der Waals surface area (Å²) in [6.45, 7) is 1.97. The molecule has 1 saturated carbocycles. The second-order valence-corrected chi connectivity index (χ2v) is 5.10. The van der Waals surface area contributed by atoms with E-state index in [-0.39, 0.29) is 29.1 Å². The zero-order valence-electron chi connectivity index (χ0n) is 9.81. The van der Waals surface area contributed by atoms with Crippen molar-refractivity contribution in [1.82, 2.24) is 4.90 Å². The number of likely N-dealkylation sites (tertiary alicyclic amines) is 1. The molecule has 1 unspecified atom stereocenters. The van der Waals surface area contributed by atoms with E-state index in [1.165, 1.54) is 4.90 Å². The van der Waals surface area contributed by atoms with Crippen LogP contribution in [0.4, 0.5) is 5.69 Å². The molecular weight excluding hydrogens is 216 g/mol. The van der Waals surface area contributed by atoms with Gasteiger partial charge in [0.2, 0.25) is 11.8 Å². The second-order valence-electron chi connectivity index (χ2n) is 5.10. The van der Waals surface area contributed by atoms with Crippen LogP contribution in [0.1, 0.15) is 12.5 Å². The maximum Gasteiger partial charge on any atom is 0.233 e. The van der Waals surface area contributed by atoms with Gasteiger partial charge in [-0.2, -0.15) is 0 Å². The lowest BCUT2D eigenvalue weighted by atomic mass is 9.91. The number of hydrogen-bond donors (Lipinski definition) is 1. The number of hydrogen-bond acceptors (Lipinski definition) is 3. The molecule has 0 radical (unpaired) electrons. The van der Waals surface area contributed by atoms with Gasteiger partial charge < -0.3 is 5.73 Å². The molecule has 88 valence electrons. The lowest BCUT2D eigenvalue weighted by Crippen LogP contribution is -2.34. The Kier molecular flexibility index (Phi) is 1.75. The molecule has 1 saturated heterocycles. The van der Waals surface area contributed by atoms with Crippen molar-refractivity contribution in [1.29, 1.82) is 0 Å². The molecule has 2 aliphatic rings. The number of piperidine rings is 1. The van der Waals surface area contributed by atoms with E-state index in [2.05, 4.69) is 0 Å². The molecular formula is C13H14N2O2. The van der Waals surface area contributed by atoms with Crippen molar-refractivity contribution in [3.8, 4) is 0 Å². The minimum atomic E-state index is -0.351. The number of amides is 2. The summed E-state index contributed by atoms with van der Waals surface area (Å²) >= 11 is 0. The van der Waals surface area contributed by atoms with Gasteiger partial charge in [0, 0.05) is 18.2 Å². The van der Waals surface area contributed by atoms with Crippen molar-refractivity contribution >= 4 is 17.5 Å². The summed E-state index contributed by atoms with van der Waals surface area (Å²) in [7, 11) is 1.55. The first-order valence-corrected chi connectivity index (χ1v) is 5.65. The largest absolute Gasteiger partial charge is 0.399 e. The minimum absolute atomic E-state index is 0.0649. The standard InChI is InChI=1S/C13H14N2O2/c1-13(7-4-3-5-8(14)6-7)9-10(13)12(17)15(2)11(9)16/h3-6,9-10H,14H2,1-2H3/t9-,10+,13?. The molecule has 0 aromatic heterocycles. The highest BCUT2D eigenvalue weighted by Crippen LogP contribution is 2.64. The van der Waals surface area contributed by atoms with E-state index in [0.29, 0.717) is 5.69 Å². The molecule has 1 aliphatic heterocycles. The summed E-state index contributed by atoms with van der Waals surface area (Å²) in [5.74, 6) is -0.515. The number of anilines is 1. The van der Waals surface area contributed by atoms with Gasteiger partial charge in [-0.3, -0.25) is 14.5 Å². The molecule has 1 aromatic rings. The molecule has 4 nitrogen and oxygen atoms in total. The zero-order chi connectivity index (χ0) is 12.4. The summed E-state index contributed by atoms with van der Waals surface area (Å²) in [5.41, 5.74) is 7.06. The fourth-order valence-electron chi connectivity index (χ4n) is 3.07. The number of imide groups is 1. The maximum absolute atomic E-state index is 11.9. The highest BCUT2D eigenvalue weighted by Gasteiger charge is 2.74. The fourth-order valence-corrected chi connectivity index (χ4v) is 3.07. The number of carbonyl (C=O) groups excluding carboxylic acids is 2. The maximum atomic E-state index is 11.9. The number of rotatable bonds is 1. The summed E-state index contributed by atoms with van der Waals surface area (Å²) in [5, 5.41) is 0. The number of nitrogens with two attached hydrogens (primary N) is 1. The van der Waals surface area contributed by atoms with Crippen molar-refractivity contribution in [2.24, 2.45) is 11.8 Å². The summed E-state index contributed by atoms with van der Waals surface area (Å²) < 4.78 is 0. The quantitative estimate of drug-likeness (QED) is 0.572. The van der Waals surface area contributed by atoms with Gasteiger partial charge >= 0.3 is 0 Å². The topological polar surface area (TPSA) is 63.4 Å². The van der Waals surface area contributed by atoms with E-state index in [9.17, 15) is 9.59 Å². The molecule has 2 N–H and O–H groups in total. The Bertz CT molecular complexity index is 516. The van der Waals surface area contributed by atoms with Crippen LogP contribution in [-0.4, -0.2) is 23.8 Å². The summed E-state index contributed by atoms with van der Waals surface area (Å²) in [6, 6.07) is 7.47. The predicted octanol–water partition coefficient (Wildman–Crippen LogP) is 0.771. The van der Waals surface area contributed by atoms with E-state index >= 15 is 0 Å². The summed E-state index contributed by atoms with van der Waals surface area (Å²) in [4.78, 5) is 25.0. The average molecular weight is 230 g/mol. The Morgan fingerprint density at radius 1 is 1.24 bits per heavy atom. The van der Waals surface area contributed by atoms with Crippen LogP contribution in [0, 0.1) is 11.8 Å². The van der Waals surface area contributed by atoms with Gasteiger partial charge in [0.1, 0.15) is 0 Å². The van der Waals surface area contributed by atoms with Crippen LogP contribution in [0.2, 0.25) is 0 Å². The molecule has 2 amide bonds. The minimum Gasteiger partial charge on any atom is -0.399 e. The summed E-state index contributed by atoms with van der Waals surface area (Å²) in [6.07, 6.45) is 0. The molecule has 3 rings (SSSR count). The zero-order valence-corrected chi connectivity index (χ0v) is 9.81. The number of fused-ring (bicyclic) bond motifs is 1. The molecule has 1 aliphatic carbocycles. The van der Waals surface area contributed by atoms with E-state index in [4.69, 9.17) is 5.73 Å². The molecule has 1 heterocycles. The molecule has 2 fully saturated rings. The van der Waals surface area contributed by atoms with Gasteiger partial charge in [-0.1, -0.05) is 19.1 Å². The highest BCUT2D eigenvalue weighted by atomic mass is 16.2. The average Bonchev–Trinajstić information content (AvgIpc) is 2.86. The third-order valence-corrected chi connectivity index (χ3v) is 4.22. The third kappa shape index (κ3) is 1.07. The first-order valence-electron chi connectivity index (χ1n) is 5.65. The van der Waals surface area contributed by atoms with Crippen molar-refractivity contribution in [2.45, 2.75) is 12.3 Å². The predicted molar refractivity (Wildman–Crippen MR) is 63.0 cm³/mol. The Morgan fingerprint density at radius 2 is 1.82 bits per heavy atom. The van der Waals surface area contributed by atoms with E-state index in [1.54, 1.807) is 13.1 Å². The van der Waals surface area contributed by atoms with E-state index < -0.39 is 0 Å². The third-order valence-electron chi connectivity index (χ3n) is 4.22. The van der Waals surface area contributed by atoms with Gasteiger partial charge in [-0.05, 0) is 17.7 Å². The number of nitrogen functional groups attached to an aromatic ring is 1. The van der Waals surface area contributed by atoms with Crippen LogP contribution in [0.5, 0.6) is 0 Å². The normalized spacial score (nSPS) is 35.1. The van der Waals surface area contributed by atoms with Crippen molar-refractivity contribution in [2.75, 3.05) is 12.8 Å². The van der Waals surface area contributed by atoms with Crippen molar-refractivity contribution in [3.05, 3.63) is 29.8 Å². The SMILES string of the molecule is CN1C(=O)[C@@H]2[C@H](C1=O)C2(C)c1cccc(N)c1. The van der Waals surface area contributed by atoms with E-state index in [0.717, 1.165) is 5.56 Å². The Labute approximate surface area is 99.4 Å². The first kappa shape index (κ1) is 10.3. The number of benzene rings is 1. The van der Waals surface area contributed by atoms with E-state index in [1.807, 2.05) is 25.1 Å². The van der Waals surface area contributed by atoms with Crippen LogP contribution in [-0.2, 0) is 15.0 Å². The highest BCUT2D eigenvalue weighted by molar-refractivity contribution is 6.11. The van der Waals surface area contributed by atoms with Gasteiger partial charge in [0.25, 0.3) is 0 Å². The molecule has 17 heavy (non-hydrogen) atoms. The van der Waals surface area contributed by atoms with Crippen LogP contribution >= 0.6 is 0 Å². The van der Waals surface area contributed by atoms with Crippen LogP contribution in [0.25, 0.3) is 0 Å². The van der Waals surface area contributed by atoms with Crippen LogP contribution < -0.4 is 5.73 Å². The van der Waals surface area contributed by atoms with Crippen molar-refractivity contribution in [3.63, 3.8) is 0 Å². The lowest BCUT2D eigenvalue weighted by Gasteiger charge is -2.19. The molecule has 3 atom stereocenters. The van der Waals surface area contributed by atoms with Crippen LogP contribution in [0.3, 0.4) is 0 Å². The molecule has 4 heteroatoms. The number of nitrogens with zero attached hydrogens (tertiary/aromatic N) is 1. The van der Waals surface area contributed by atoms with Gasteiger partial charge in [0.15, 0.2) is 0 Å². The molecule has 0 spiro atoms. The smallest absolute Gasteiger partial charge is 0.233 e. The monoisotopic (exact) mass is 230 g/mol. The Hall–Kier alpha value is -1.84. The molecule has 1 aromatic carbocycles. The Morgan fingerprint density at radius 3 is 2.35 bits per heavy atom. The first-order chi connectivity index (χ1) is 7.98. The van der Waals surface area contributed by atoms with Gasteiger partial charge in [0.05, 0.1) is 11.8 Å². The van der Waals surface area contributed by atoms with Gasteiger partial charge in [-0.15, -0.1) is 0 Å². The number of carbonyl (C=O) groups is 2. The van der Waals surface area contributed by atoms with Crippen molar-refractivity contribution < 1.29 is 9.59 Å². The lowest BCUT2D eigenvalue weighted by molar-refractivity contribution is -0.140. The second kappa shape index (κ2) is 2.88. The molecule has 0 bridgehead atoms. The van der Waals surface area contributed by atoms with Crippen LogP contribution in [0.15, 0.2) is 24.3 Å². The Balaban J connectivity index is 2.03.